The van der Waals surface area contributed by atoms with Crippen LogP contribution in [0.15, 0.2) is 53.4 Å². The lowest BCUT2D eigenvalue weighted by molar-refractivity contribution is -0.120. The van der Waals surface area contributed by atoms with Crippen molar-refractivity contribution >= 4 is 27.3 Å². The average molecular weight is 448 g/mol. The fourth-order valence-corrected chi connectivity index (χ4v) is 5.48. The highest BCUT2D eigenvalue weighted by Crippen LogP contribution is 2.26. The number of amides is 1. The fourth-order valence-electron chi connectivity index (χ4n) is 3.95. The number of nitrogens with zero attached hydrogens (tertiary/aromatic N) is 2. The number of ether oxygens (including phenoxy) is 1. The molecule has 2 aromatic carbocycles. The number of anilines is 2. The molecule has 9 heteroatoms. The lowest BCUT2D eigenvalue weighted by Crippen LogP contribution is -2.43. The van der Waals surface area contributed by atoms with Crippen molar-refractivity contribution in [1.82, 2.24) is 4.31 Å². The third kappa shape index (κ3) is 5.06. The molecule has 0 spiro atoms. The van der Waals surface area contributed by atoms with E-state index < -0.39 is 21.8 Å². The van der Waals surface area contributed by atoms with Crippen molar-refractivity contribution in [2.24, 2.45) is 5.92 Å². The van der Waals surface area contributed by atoms with E-state index in [0.717, 1.165) is 30.9 Å². The van der Waals surface area contributed by atoms with Crippen LogP contribution in [0, 0.1) is 11.7 Å². The number of rotatable bonds is 5. The Morgan fingerprint density at radius 1 is 1.00 bits per heavy atom. The molecule has 0 aliphatic carbocycles. The van der Waals surface area contributed by atoms with E-state index in [1.54, 1.807) is 0 Å². The molecule has 4 rings (SSSR count). The van der Waals surface area contributed by atoms with Crippen molar-refractivity contribution in [2.45, 2.75) is 17.7 Å². The van der Waals surface area contributed by atoms with E-state index in [4.69, 9.17) is 4.74 Å². The van der Waals surface area contributed by atoms with Crippen LogP contribution in [-0.4, -0.2) is 58.0 Å². The van der Waals surface area contributed by atoms with Gasteiger partial charge in [-0.3, -0.25) is 4.79 Å². The third-order valence-corrected chi connectivity index (χ3v) is 7.60. The zero-order valence-corrected chi connectivity index (χ0v) is 18.0. The van der Waals surface area contributed by atoms with Gasteiger partial charge in [0.1, 0.15) is 5.82 Å². The minimum absolute atomic E-state index is 0.0358. The van der Waals surface area contributed by atoms with Gasteiger partial charge in [0.2, 0.25) is 15.9 Å². The Morgan fingerprint density at radius 2 is 1.68 bits per heavy atom. The van der Waals surface area contributed by atoms with Crippen molar-refractivity contribution in [3.63, 3.8) is 0 Å². The molecule has 1 atom stereocenters. The van der Waals surface area contributed by atoms with Gasteiger partial charge in [0.15, 0.2) is 0 Å². The highest BCUT2D eigenvalue weighted by Gasteiger charge is 2.33. The van der Waals surface area contributed by atoms with Crippen molar-refractivity contribution in [3.8, 4) is 0 Å². The molecule has 0 aromatic heterocycles. The first-order chi connectivity index (χ1) is 14.9. The molecule has 31 heavy (non-hydrogen) atoms. The number of sulfonamides is 1. The molecule has 2 heterocycles. The number of piperidine rings is 1. The first-order valence-corrected chi connectivity index (χ1v) is 11.9. The zero-order chi connectivity index (χ0) is 21.8. The van der Waals surface area contributed by atoms with E-state index in [-0.39, 0.29) is 17.3 Å². The van der Waals surface area contributed by atoms with E-state index in [9.17, 15) is 17.6 Å². The molecule has 0 unspecified atom stereocenters. The maximum Gasteiger partial charge on any atom is 0.243 e. The highest BCUT2D eigenvalue weighted by molar-refractivity contribution is 7.89. The van der Waals surface area contributed by atoms with E-state index in [0.29, 0.717) is 38.3 Å². The number of hydrogen-bond acceptors (Lipinski definition) is 5. The summed E-state index contributed by atoms with van der Waals surface area (Å²) in [6.07, 6.45) is 1.21. The SMILES string of the molecule is O=C(Nc1ccc(N2CCOCC2)cc1)[C@@H]1CCCN(S(=O)(=O)c2ccc(F)cc2)C1. The molecule has 1 amide bonds. The summed E-state index contributed by atoms with van der Waals surface area (Å²) in [5.41, 5.74) is 1.76. The van der Waals surface area contributed by atoms with Gasteiger partial charge in [0.05, 0.1) is 24.0 Å². The molecule has 2 saturated heterocycles. The highest BCUT2D eigenvalue weighted by atomic mass is 32.2. The summed E-state index contributed by atoms with van der Waals surface area (Å²) in [6.45, 7) is 3.54. The van der Waals surface area contributed by atoms with Crippen LogP contribution in [0.4, 0.5) is 15.8 Å². The summed E-state index contributed by atoms with van der Waals surface area (Å²) < 4.78 is 45.6. The summed E-state index contributed by atoms with van der Waals surface area (Å²) in [5.74, 6) is -1.13. The van der Waals surface area contributed by atoms with Crippen molar-refractivity contribution < 1.29 is 22.3 Å². The Bertz CT molecular complexity index is 1010. The van der Waals surface area contributed by atoms with Crippen LogP contribution in [0.25, 0.3) is 0 Å². The van der Waals surface area contributed by atoms with E-state index >= 15 is 0 Å². The van der Waals surface area contributed by atoms with E-state index in [1.165, 1.54) is 16.4 Å². The molecule has 2 aromatic rings. The third-order valence-electron chi connectivity index (χ3n) is 5.72. The van der Waals surface area contributed by atoms with E-state index in [2.05, 4.69) is 10.2 Å². The molecule has 0 saturated carbocycles. The van der Waals surface area contributed by atoms with Crippen LogP contribution in [0.1, 0.15) is 12.8 Å². The molecule has 2 aliphatic heterocycles. The minimum atomic E-state index is -3.77. The van der Waals surface area contributed by atoms with Gasteiger partial charge in [0, 0.05) is 37.6 Å². The average Bonchev–Trinajstić information content (AvgIpc) is 2.80. The summed E-state index contributed by atoms with van der Waals surface area (Å²) in [7, 11) is -3.77. The standard InChI is InChI=1S/C22H26FN3O4S/c23-18-3-9-21(10-4-18)31(28,29)26-11-1-2-17(16-26)22(27)24-19-5-7-20(8-6-19)25-12-14-30-15-13-25/h3-10,17H,1-2,11-16H2,(H,24,27)/t17-/m1/s1. The lowest BCUT2D eigenvalue weighted by Gasteiger charge is -2.31. The summed E-state index contributed by atoms with van der Waals surface area (Å²) in [6, 6.07) is 12.4. The number of carbonyl (C=O) groups is 1. The Hall–Kier alpha value is -2.49. The molecule has 0 radical (unpaired) electrons. The number of morpholine rings is 1. The van der Waals surface area contributed by atoms with Gasteiger partial charge in [0.25, 0.3) is 0 Å². The maximum atomic E-state index is 13.2. The Morgan fingerprint density at radius 3 is 2.35 bits per heavy atom. The van der Waals surface area contributed by atoms with Gasteiger partial charge >= 0.3 is 0 Å². The van der Waals surface area contributed by atoms with Gasteiger partial charge in [-0.15, -0.1) is 0 Å². The van der Waals surface area contributed by atoms with Crippen LogP contribution < -0.4 is 10.2 Å². The summed E-state index contributed by atoms with van der Waals surface area (Å²) in [4.78, 5) is 15.1. The fraction of sp³-hybridized carbons (Fsp3) is 0.409. The van der Waals surface area contributed by atoms with Crippen LogP contribution in [0.3, 0.4) is 0 Å². The summed E-state index contributed by atoms with van der Waals surface area (Å²) in [5, 5.41) is 2.91. The molecule has 7 nitrogen and oxygen atoms in total. The molecular weight excluding hydrogens is 421 g/mol. The number of benzene rings is 2. The van der Waals surface area contributed by atoms with Crippen LogP contribution in [0.2, 0.25) is 0 Å². The Balaban J connectivity index is 1.39. The van der Waals surface area contributed by atoms with Gasteiger partial charge < -0.3 is 15.0 Å². The van der Waals surface area contributed by atoms with Crippen molar-refractivity contribution in [3.05, 3.63) is 54.3 Å². The molecule has 1 N–H and O–H groups in total. The van der Waals surface area contributed by atoms with Crippen LogP contribution in [0.5, 0.6) is 0 Å². The molecular formula is C22H26FN3O4S. The van der Waals surface area contributed by atoms with Crippen LogP contribution >= 0.6 is 0 Å². The molecule has 2 fully saturated rings. The smallest absolute Gasteiger partial charge is 0.243 e. The van der Waals surface area contributed by atoms with Gasteiger partial charge in [-0.05, 0) is 61.4 Å². The predicted molar refractivity (Wildman–Crippen MR) is 116 cm³/mol. The van der Waals surface area contributed by atoms with Crippen molar-refractivity contribution in [1.29, 1.82) is 0 Å². The quantitative estimate of drug-likeness (QED) is 0.763. The number of carbonyl (C=O) groups excluding carboxylic acids is 1. The second kappa shape index (κ2) is 9.33. The van der Waals surface area contributed by atoms with E-state index in [1.807, 2.05) is 24.3 Å². The molecule has 166 valence electrons. The van der Waals surface area contributed by atoms with Crippen LogP contribution in [-0.2, 0) is 19.6 Å². The first kappa shape index (κ1) is 21.7. The molecule has 0 bridgehead atoms. The van der Waals surface area contributed by atoms with Crippen molar-refractivity contribution in [2.75, 3.05) is 49.6 Å². The zero-order valence-electron chi connectivity index (χ0n) is 17.2. The van der Waals surface area contributed by atoms with Gasteiger partial charge in [-0.2, -0.15) is 4.31 Å². The number of halogens is 1. The maximum absolute atomic E-state index is 13.2. The number of hydrogen-bond donors (Lipinski definition) is 1. The summed E-state index contributed by atoms with van der Waals surface area (Å²) >= 11 is 0. The predicted octanol–water partition coefficient (Wildman–Crippen LogP) is 2.70. The topological polar surface area (TPSA) is 79.0 Å². The van der Waals surface area contributed by atoms with Gasteiger partial charge in [-0.1, -0.05) is 0 Å². The second-order valence-corrected chi connectivity index (χ2v) is 9.73. The second-order valence-electron chi connectivity index (χ2n) is 7.79. The Kier molecular flexibility index (Phi) is 6.54. The van der Waals surface area contributed by atoms with Gasteiger partial charge in [-0.25, -0.2) is 12.8 Å². The first-order valence-electron chi connectivity index (χ1n) is 10.4. The largest absolute Gasteiger partial charge is 0.378 e. The Labute approximate surface area is 181 Å². The lowest BCUT2D eigenvalue weighted by atomic mass is 9.98. The molecule has 2 aliphatic rings. The minimum Gasteiger partial charge on any atom is -0.378 e. The normalized spacial score (nSPS) is 20.4. The monoisotopic (exact) mass is 447 g/mol. The number of nitrogens with one attached hydrogen (secondary N) is 1.